The molecule has 1 aliphatic carbocycles. The van der Waals surface area contributed by atoms with Crippen LogP contribution in [-0.4, -0.2) is 46.1 Å². The predicted molar refractivity (Wildman–Crippen MR) is 93.3 cm³/mol. The number of hydrogen-bond acceptors (Lipinski definition) is 4. The van der Waals surface area contributed by atoms with Gasteiger partial charge < -0.3 is 15.3 Å². The van der Waals surface area contributed by atoms with Crippen LogP contribution < -0.4 is 5.32 Å². The van der Waals surface area contributed by atoms with Gasteiger partial charge in [-0.15, -0.1) is 0 Å². The predicted octanol–water partition coefficient (Wildman–Crippen LogP) is 2.10. The quantitative estimate of drug-likeness (QED) is 0.838. The van der Waals surface area contributed by atoms with E-state index in [0.29, 0.717) is 25.4 Å². The van der Waals surface area contributed by atoms with Gasteiger partial charge in [0.25, 0.3) is 5.91 Å². The number of piperidine rings is 1. The molecule has 1 saturated heterocycles. The number of carbonyl (C=O) groups excluding carboxylic acids is 1. The third-order valence-corrected chi connectivity index (χ3v) is 5.38. The number of carbonyl (C=O) groups is 1. The van der Waals surface area contributed by atoms with Crippen LogP contribution in [0.15, 0.2) is 24.5 Å². The van der Waals surface area contributed by atoms with Crippen molar-refractivity contribution in [2.75, 3.05) is 19.6 Å². The summed E-state index contributed by atoms with van der Waals surface area (Å²) in [4.78, 5) is 18.8. The number of nitrogens with zero attached hydrogens (tertiary/aromatic N) is 2. The summed E-state index contributed by atoms with van der Waals surface area (Å²) in [5.41, 5.74) is -0.196. The fourth-order valence-corrected chi connectivity index (χ4v) is 4.00. The maximum atomic E-state index is 12.8. The van der Waals surface area contributed by atoms with Crippen LogP contribution in [0.4, 0.5) is 0 Å². The Morgan fingerprint density at radius 2 is 2.12 bits per heavy atom. The lowest BCUT2D eigenvalue weighted by Crippen LogP contribution is -2.58. The normalized spacial score (nSPS) is 25.9. The molecule has 0 unspecified atom stereocenters. The Labute approximate surface area is 144 Å². The van der Waals surface area contributed by atoms with Crippen LogP contribution in [0.1, 0.15) is 50.5 Å². The van der Waals surface area contributed by atoms with Crippen molar-refractivity contribution in [2.24, 2.45) is 5.92 Å². The molecule has 1 aromatic heterocycles. The van der Waals surface area contributed by atoms with Crippen molar-refractivity contribution in [2.45, 2.75) is 57.1 Å². The van der Waals surface area contributed by atoms with Crippen molar-refractivity contribution in [1.29, 1.82) is 0 Å². The van der Waals surface area contributed by atoms with Gasteiger partial charge in [0.2, 0.25) is 0 Å². The highest BCUT2D eigenvalue weighted by Gasteiger charge is 2.42. The van der Waals surface area contributed by atoms with Gasteiger partial charge in [-0.25, -0.2) is 0 Å². The molecule has 24 heavy (non-hydrogen) atoms. The van der Waals surface area contributed by atoms with Crippen LogP contribution >= 0.6 is 0 Å². The van der Waals surface area contributed by atoms with Gasteiger partial charge in [-0.05, 0) is 43.2 Å². The molecule has 1 aliphatic heterocycles. The standard InChI is InChI=1S/C19H29N3O2/c23-18-19(24,15-21-13-17-8-4-10-20-12-17)9-5-11-22(18)14-16-6-2-1-3-7-16/h4,8,10,12,16,21,24H,1-3,5-7,9,11,13-15H2/t19-/m0/s1. The summed E-state index contributed by atoms with van der Waals surface area (Å²) in [7, 11) is 0. The Kier molecular flexibility index (Phi) is 5.85. The first-order valence-corrected chi connectivity index (χ1v) is 9.29. The van der Waals surface area contributed by atoms with Crippen molar-refractivity contribution >= 4 is 5.91 Å². The first kappa shape index (κ1) is 17.4. The minimum Gasteiger partial charge on any atom is -0.379 e. The molecule has 2 fully saturated rings. The van der Waals surface area contributed by atoms with Crippen LogP contribution in [0, 0.1) is 5.92 Å². The number of likely N-dealkylation sites (tertiary alicyclic amines) is 1. The van der Waals surface area contributed by atoms with Crippen molar-refractivity contribution in [3.8, 4) is 0 Å². The summed E-state index contributed by atoms with van der Waals surface area (Å²) in [6.07, 6.45) is 11.3. The molecule has 1 aromatic rings. The van der Waals surface area contributed by atoms with E-state index in [1.807, 2.05) is 17.0 Å². The third kappa shape index (κ3) is 4.33. The molecular formula is C19H29N3O2. The number of pyridine rings is 1. The van der Waals surface area contributed by atoms with Gasteiger partial charge in [-0.2, -0.15) is 0 Å². The smallest absolute Gasteiger partial charge is 0.255 e. The monoisotopic (exact) mass is 331 g/mol. The number of aromatic nitrogens is 1. The molecule has 3 rings (SSSR count). The molecular weight excluding hydrogens is 302 g/mol. The summed E-state index contributed by atoms with van der Waals surface area (Å²) >= 11 is 0. The molecule has 5 nitrogen and oxygen atoms in total. The van der Waals surface area contributed by atoms with E-state index >= 15 is 0 Å². The molecule has 132 valence electrons. The summed E-state index contributed by atoms with van der Waals surface area (Å²) in [5.74, 6) is 0.534. The molecule has 1 atom stereocenters. The summed E-state index contributed by atoms with van der Waals surface area (Å²) in [6.45, 7) is 2.54. The van der Waals surface area contributed by atoms with E-state index in [1.54, 1.807) is 12.4 Å². The molecule has 0 aromatic carbocycles. The summed E-state index contributed by atoms with van der Waals surface area (Å²) < 4.78 is 0. The number of rotatable bonds is 6. The largest absolute Gasteiger partial charge is 0.379 e. The van der Waals surface area contributed by atoms with Gasteiger partial charge >= 0.3 is 0 Å². The lowest BCUT2D eigenvalue weighted by molar-refractivity contribution is -0.157. The molecule has 2 heterocycles. The second-order valence-corrected chi connectivity index (χ2v) is 7.36. The molecule has 5 heteroatoms. The minimum absolute atomic E-state index is 0.0852. The van der Waals surface area contributed by atoms with Crippen LogP contribution in [0.3, 0.4) is 0 Å². The summed E-state index contributed by atoms with van der Waals surface area (Å²) in [5, 5.41) is 14.1. The fraction of sp³-hybridized carbons (Fsp3) is 0.684. The second-order valence-electron chi connectivity index (χ2n) is 7.36. The SMILES string of the molecule is O=C1N(CC2CCCCC2)CCC[C@]1(O)CNCc1cccnc1. The lowest BCUT2D eigenvalue weighted by atomic mass is 9.86. The Morgan fingerprint density at radius 3 is 2.88 bits per heavy atom. The third-order valence-electron chi connectivity index (χ3n) is 5.38. The van der Waals surface area contributed by atoms with Crippen LogP contribution in [0.25, 0.3) is 0 Å². The highest BCUT2D eigenvalue weighted by atomic mass is 16.3. The topological polar surface area (TPSA) is 65.5 Å². The first-order chi connectivity index (χ1) is 11.7. The molecule has 0 bridgehead atoms. The van der Waals surface area contributed by atoms with Gasteiger partial charge in [-0.1, -0.05) is 25.3 Å². The lowest BCUT2D eigenvalue weighted by Gasteiger charge is -2.40. The zero-order chi connectivity index (χ0) is 16.8. The Hall–Kier alpha value is -1.46. The number of aliphatic hydroxyl groups is 1. The highest BCUT2D eigenvalue weighted by Crippen LogP contribution is 2.28. The molecule has 0 spiro atoms. The molecule has 1 saturated carbocycles. The van der Waals surface area contributed by atoms with Crippen LogP contribution in [-0.2, 0) is 11.3 Å². The molecule has 2 aliphatic rings. The number of nitrogens with one attached hydrogen (secondary N) is 1. The van der Waals surface area contributed by atoms with E-state index in [-0.39, 0.29) is 5.91 Å². The average molecular weight is 331 g/mol. The van der Waals surface area contributed by atoms with E-state index in [1.165, 1.54) is 32.1 Å². The van der Waals surface area contributed by atoms with Crippen molar-refractivity contribution < 1.29 is 9.90 Å². The van der Waals surface area contributed by atoms with E-state index in [4.69, 9.17) is 0 Å². The van der Waals surface area contributed by atoms with Crippen molar-refractivity contribution in [1.82, 2.24) is 15.2 Å². The van der Waals surface area contributed by atoms with Crippen molar-refractivity contribution in [3.63, 3.8) is 0 Å². The van der Waals surface area contributed by atoms with Gasteiger partial charge in [0.05, 0.1) is 0 Å². The van der Waals surface area contributed by atoms with Gasteiger partial charge in [0.15, 0.2) is 5.60 Å². The maximum Gasteiger partial charge on any atom is 0.255 e. The zero-order valence-electron chi connectivity index (χ0n) is 14.4. The molecule has 1 amide bonds. The Morgan fingerprint density at radius 1 is 1.29 bits per heavy atom. The molecule has 2 N–H and O–H groups in total. The molecule has 0 radical (unpaired) electrons. The van der Waals surface area contributed by atoms with Crippen LogP contribution in [0.2, 0.25) is 0 Å². The summed E-state index contributed by atoms with van der Waals surface area (Å²) in [6, 6.07) is 3.88. The second kappa shape index (κ2) is 8.08. The highest BCUT2D eigenvalue weighted by molar-refractivity contribution is 5.86. The van der Waals surface area contributed by atoms with Gasteiger partial charge in [0.1, 0.15) is 0 Å². The van der Waals surface area contributed by atoms with E-state index in [2.05, 4.69) is 10.3 Å². The fourth-order valence-electron chi connectivity index (χ4n) is 4.00. The van der Waals surface area contributed by atoms with Gasteiger partial charge in [0, 0.05) is 38.6 Å². The zero-order valence-corrected chi connectivity index (χ0v) is 14.4. The maximum absolute atomic E-state index is 12.8. The van der Waals surface area contributed by atoms with Crippen molar-refractivity contribution in [3.05, 3.63) is 30.1 Å². The first-order valence-electron chi connectivity index (χ1n) is 9.29. The Balaban J connectivity index is 1.52. The minimum atomic E-state index is -1.25. The van der Waals surface area contributed by atoms with Crippen LogP contribution in [0.5, 0.6) is 0 Å². The van der Waals surface area contributed by atoms with E-state index in [9.17, 15) is 9.90 Å². The van der Waals surface area contributed by atoms with E-state index < -0.39 is 5.60 Å². The number of hydrogen-bond donors (Lipinski definition) is 2. The Bertz CT molecular complexity index is 531. The number of amides is 1. The van der Waals surface area contributed by atoms with Gasteiger partial charge in [-0.3, -0.25) is 9.78 Å². The average Bonchev–Trinajstić information content (AvgIpc) is 2.61. The van der Waals surface area contributed by atoms with E-state index in [0.717, 1.165) is 25.1 Å².